The Hall–Kier alpha value is -1.88. The highest BCUT2D eigenvalue weighted by molar-refractivity contribution is 5.81. The number of benzene rings is 1. The summed E-state index contributed by atoms with van der Waals surface area (Å²) in [5.74, 6) is -0.0410. The summed E-state index contributed by atoms with van der Waals surface area (Å²) in [7, 11) is 0. The van der Waals surface area contributed by atoms with Crippen LogP contribution in [0.25, 0.3) is 0 Å². The van der Waals surface area contributed by atoms with Crippen LogP contribution < -0.4 is 5.32 Å². The highest BCUT2D eigenvalue weighted by atomic mass is 16.3. The fraction of sp³-hybridized carbons (Fsp3) is 0.579. The average molecular weight is 332 g/mol. The second-order valence-electron chi connectivity index (χ2n) is 6.41. The zero-order valence-corrected chi connectivity index (χ0v) is 14.4. The molecule has 0 radical (unpaired) electrons. The van der Waals surface area contributed by atoms with Crippen molar-refractivity contribution in [3.05, 3.63) is 35.9 Å². The van der Waals surface area contributed by atoms with Crippen molar-refractivity contribution in [3.63, 3.8) is 0 Å². The van der Waals surface area contributed by atoms with Crippen molar-refractivity contribution in [1.82, 2.24) is 10.2 Å². The fourth-order valence-corrected chi connectivity index (χ4v) is 3.22. The number of amides is 2. The predicted octanol–water partition coefficient (Wildman–Crippen LogP) is 2.27. The Bertz CT molecular complexity index is 533. The van der Waals surface area contributed by atoms with Crippen LogP contribution in [0, 0.1) is 5.92 Å². The van der Waals surface area contributed by atoms with Crippen molar-refractivity contribution >= 4 is 11.8 Å². The number of nitrogens with one attached hydrogen (secondary N) is 1. The second-order valence-corrected chi connectivity index (χ2v) is 6.41. The number of piperidine rings is 1. The normalized spacial score (nSPS) is 18.9. The lowest BCUT2D eigenvalue weighted by Crippen LogP contribution is -2.46. The summed E-state index contributed by atoms with van der Waals surface area (Å²) in [5, 5.41) is 12.3. The lowest BCUT2D eigenvalue weighted by molar-refractivity contribution is -0.136. The van der Waals surface area contributed by atoms with Crippen molar-refractivity contribution in [2.45, 2.75) is 45.1 Å². The van der Waals surface area contributed by atoms with Gasteiger partial charge in [0, 0.05) is 26.1 Å². The van der Waals surface area contributed by atoms with Crippen molar-refractivity contribution < 1.29 is 14.7 Å². The van der Waals surface area contributed by atoms with E-state index in [4.69, 9.17) is 0 Å². The summed E-state index contributed by atoms with van der Waals surface area (Å²) >= 11 is 0. The summed E-state index contributed by atoms with van der Waals surface area (Å²) in [6, 6.07) is 9.51. The van der Waals surface area contributed by atoms with Crippen LogP contribution in [0.4, 0.5) is 0 Å². The van der Waals surface area contributed by atoms with Gasteiger partial charge in [-0.3, -0.25) is 9.59 Å². The Labute approximate surface area is 144 Å². The molecular formula is C19H28N2O3. The molecule has 1 saturated heterocycles. The number of likely N-dealkylation sites (tertiary alicyclic amines) is 1. The van der Waals surface area contributed by atoms with Gasteiger partial charge in [-0.1, -0.05) is 37.3 Å². The molecule has 1 aromatic carbocycles. The zero-order chi connectivity index (χ0) is 17.4. The number of rotatable bonds is 7. The van der Waals surface area contributed by atoms with E-state index in [9.17, 15) is 14.7 Å². The second kappa shape index (κ2) is 9.42. The topological polar surface area (TPSA) is 69.6 Å². The summed E-state index contributed by atoms with van der Waals surface area (Å²) in [6.07, 6.45) is 3.54. The van der Waals surface area contributed by atoms with Crippen LogP contribution in [0.1, 0.15) is 50.6 Å². The van der Waals surface area contributed by atoms with Crippen molar-refractivity contribution in [2.24, 2.45) is 5.92 Å². The van der Waals surface area contributed by atoms with E-state index in [1.165, 1.54) is 0 Å². The third kappa shape index (κ3) is 5.06. The van der Waals surface area contributed by atoms with E-state index in [1.807, 2.05) is 42.2 Å². The van der Waals surface area contributed by atoms with E-state index >= 15 is 0 Å². The van der Waals surface area contributed by atoms with Gasteiger partial charge in [-0.15, -0.1) is 0 Å². The predicted molar refractivity (Wildman–Crippen MR) is 93.2 cm³/mol. The Balaban J connectivity index is 1.97. The van der Waals surface area contributed by atoms with Crippen molar-refractivity contribution in [3.8, 4) is 0 Å². The van der Waals surface area contributed by atoms with Crippen LogP contribution in [0.3, 0.4) is 0 Å². The molecule has 132 valence electrons. The first-order valence-electron chi connectivity index (χ1n) is 8.89. The van der Waals surface area contributed by atoms with Crippen LogP contribution in [-0.4, -0.2) is 41.5 Å². The van der Waals surface area contributed by atoms with Crippen LogP contribution in [0.2, 0.25) is 0 Å². The molecule has 0 spiro atoms. The van der Waals surface area contributed by atoms with Crippen LogP contribution >= 0.6 is 0 Å². The highest BCUT2D eigenvalue weighted by Crippen LogP contribution is 2.21. The molecule has 1 aromatic rings. The lowest BCUT2D eigenvalue weighted by atomic mass is 9.95. The van der Waals surface area contributed by atoms with E-state index in [1.54, 1.807) is 0 Å². The molecule has 2 N–H and O–H groups in total. The molecule has 0 aromatic heterocycles. The average Bonchev–Trinajstić information content (AvgIpc) is 2.62. The van der Waals surface area contributed by atoms with E-state index in [-0.39, 0.29) is 30.4 Å². The number of carbonyl (C=O) groups is 2. The van der Waals surface area contributed by atoms with Gasteiger partial charge in [-0.2, -0.15) is 0 Å². The summed E-state index contributed by atoms with van der Waals surface area (Å²) < 4.78 is 0. The van der Waals surface area contributed by atoms with E-state index < -0.39 is 0 Å². The third-order valence-electron chi connectivity index (χ3n) is 4.54. The number of nitrogens with zero attached hydrogens (tertiary/aromatic N) is 1. The number of aliphatic hydroxyl groups excluding tert-OH is 1. The molecule has 2 atom stereocenters. The van der Waals surface area contributed by atoms with Gasteiger partial charge in [0.2, 0.25) is 11.8 Å². The molecule has 24 heavy (non-hydrogen) atoms. The first kappa shape index (κ1) is 18.5. The lowest BCUT2D eigenvalue weighted by Gasteiger charge is -2.33. The maximum atomic E-state index is 12.7. The quantitative estimate of drug-likeness (QED) is 0.805. The molecular weight excluding hydrogens is 304 g/mol. The standard InChI is InChI=1S/C19H28N2O3/c1-2-7-18(23)21-12-6-10-16(14-21)19(24)20-17(11-13-22)15-8-4-3-5-9-15/h3-5,8-9,16-17,22H,2,6-7,10-14H2,1H3,(H,20,24). The molecule has 2 rings (SSSR count). The minimum Gasteiger partial charge on any atom is -0.396 e. The number of hydrogen-bond acceptors (Lipinski definition) is 3. The highest BCUT2D eigenvalue weighted by Gasteiger charge is 2.29. The maximum absolute atomic E-state index is 12.7. The fourth-order valence-electron chi connectivity index (χ4n) is 3.22. The monoisotopic (exact) mass is 332 g/mol. The number of hydrogen-bond donors (Lipinski definition) is 2. The van der Waals surface area contributed by atoms with Gasteiger partial charge in [0.15, 0.2) is 0 Å². The minimum atomic E-state index is -0.189. The van der Waals surface area contributed by atoms with Gasteiger partial charge in [0.05, 0.1) is 12.0 Å². The van der Waals surface area contributed by atoms with Gasteiger partial charge in [0.25, 0.3) is 0 Å². The summed E-state index contributed by atoms with van der Waals surface area (Å²) in [4.78, 5) is 26.5. The van der Waals surface area contributed by atoms with E-state index in [2.05, 4.69) is 5.32 Å². The molecule has 5 heteroatoms. The maximum Gasteiger partial charge on any atom is 0.225 e. The Morgan fingerprint density at radius 3 is 2.75 bits per heavy atom. The van der Waals surface area contributed by atoms with Gasteiger partial charge in [0.1, 0.15) is 0 Å². The van der Waals surface area contributed by atoms with Crippen LogP contribution in [0.5, 0.6) is 0 Å². The van der Waals surface area contributed by atoms with E-state index in [0.717, 1.165) is 31.4 Å². The first-order chi connectivity index (χ1) is 11.7. The molecule has 1 aliphatic heterocycles. The van der Waals surface area contributed by atoms with E-state index in [0.29, 0.717) is 19.4 Å². The molecule has 0 saturated carbocycles. The van der Waals surface area contributed by atoms with Crippen LogP contribution in [-0.2, 0) is 9.59 Å². The molecule has 2 unspecified atom stereocenters. The van der Waals surface area contributed by atoms with Gasteiger partial charge >= 0.3 is 0 Å². The van der Waals surface area contributed by atoms with Gasteiger partial charge in [-0.05, 0) is 31.2 Å². The smallest absolute Gasteiger partial charge is 0.225 e. The summed E-state index contributed by atoms with van der Waals surface area (Å²) in [5.41, 5.74) is 0.995. The van der Waals surface area contributed by atoms with Crippen molar-refractivity contribution in [1.29, 1.82) is 0 Å². The molecule has 5 nitrogen and oxygen atoms in total. The largest absolute Gasteiger partial charge is 0.396 e. The van der Waals surface area contributed by atoms with Crippen molar-refractivity contribution in [2.75, 3.05) is 19.7 Å². The van der Waals surface area contributed by atoms with Gasteiger partial charge in [-0.25, -0.2) is 0 Å². The van der Waals surface area contributed by atoms with Crippen LogP contribution in [0.15, 0.2) is 30.3 Å². The number of carbonyl (C=O) groups excluding carboxylic acids is 2. The molecule has 1 aliphatic rings. The SMILES string of the molecule is CCCC(=O)N1CCCC(C(=O)NC(CCO)c2ccccc2)C1. The third-order valence-corrected chi connectivity index (χ3v) is 4.54. The molecule has 1 fully saturated rings. The molecule has 1 heterocycles. The Morgan fingerprint density at radius 2 is 2.08 bits per heavy atom. The summed E-state index contributed by atoms with van der Waals surface area (Å²) in [6.45, 7) is 3.27. The number of aliphatic hydroxyl groups is 1. The Morgan fingerprint density at radius 1 is 1.33 bits per heavy atom. The zero-order valence-electron chi connectivity index (χ0n) is 14.4. The molecule has 0 bridgehead atoms. The molecule has 0 aliphatic carbocycles. The Kier molecular flexibility index (Phi) is 7.25. The first-order valence-corrected chi connectivity index (χ1v) is 8.89. The van der Waals surface area contributed by atoms with Gasteiger partial charge < -0.3 is 15.3 Å². The minimum absolute atomic E-state index is 0.0195. The molecule has 2 amide bonds.